The van der Waals surface area contributed by atoms with E-state index in [0.29, 0.717) is 5.56 Å². The summed E-state index contributed by atoms with van der Waals surface area (Å²) in [6.45, 7) is 1.64. The van der Waals surface area contributed by atoms with Crippen LogP contribution in [0.1, 0.15) is 12.0 Å². The van der Waals surface area contributed by atoms with Gasteiger partial charge in [-0.2, -0.15) is 0 Å². The van der Waals surface area contributed by atoms with Crippen molar-refractivity contribution in [2.24, 2.45) is 5.92 Å². The maximum absolute atomic E-state index is 13.3. The highest BCUT2D eigenvalue weighted by Gasteiger charge is 2.22. The standard InChI is InChI=1S/C12H14FNO/c13-11-4-2-1-3-9(11)7-12(15)10-5-6-14-8-10/h1-4,10,14H,5-8H2. The number of carbonyl (C=O) groups is 1. The highest BCUT2D eigenvalue weighted by Crippen LogP contribution is 2.14. The lowest BCUT2D eigenvalue weighted by molar-refractivity contribution is -0.121. The van der Waals surface area contributed by atoms with Crippen LogP contribution >= 0.6 is 0 Å². The summed E-state index contributed by atoms with van der Waals surface area (Å²) in [7, 11) is 0. The molecule has 1 saturated heterocycles. The van der Waals surface area contributed by atoms with Gasteiger partial charge in [-0.15, -0.1) is 0 Å². The molecule has 80 valence electrons. The summed E-state index contributed by atoms with van der Waals surface area (Å²) in [5.74, 6) is -0.0634. The number of rotatable bonds is 3. The summed E-state index contributed by atoms with van der Waals surface area (Å²) in [6.07, 6.45) is 1.10. The van der Waals surface area contributed by atoms with Crippen molar-refractivity contribution in [1.29, 1.82) is 0 Å². The van der Waals surface area contributed by atoms with Crippen molar-refractivity contribution in [2.45, 2.75) is 12.8 Å². The molecule has 0 bridgehead atoms. The molecule has 1 fully saturated rings. The summed E-state index contributed by atoms with van der Waals surface area (Å²) >= 11 is 0. The van der Waals surface area contributed by atoms with Gasteiger partial charge in [0.25, 0.3) is 0 Å². The van der Waals surface area contributed by atoms with E-state index in [1.807, 2.05) is 0 Å². The quantitative estimate of drug-likeness (QED) is 0.814. The Labute approximate surface area is 88.5 Å². The van der Waals surface area contributed by atoms with Crippen LogP contribution in [0.5, 0.6) is 0 Å². The number of nitrogens with one attached hydrogen (secondary N) is 1. The average molecular weight is 207 g/mol. The Balaban J connectivity index is 2.02. The molecule has 1 atom stereocenters. The maximum atomic E-state index is 13.3. The Morgan fingerprint density at radius 2 is 2.27 bits per heavy atom. The van der Waals surface area contributed by atoms with Crippen molar-refractivity contribution in [3.63, 3.8) is 0 Å². The largest absolute Gasteiger partial charge is 0.316 e. The van der Waals surface area contributed by atoms with Gasteiger partial charge in [0.05, 0.1) is 0 Å². The Morgan fingerprint density at radius 1 is 1.47 bits per heavy atom. The van der Waals surface area contributed by atoms with Crippen LogP contribution in [0.15, 0.2) is 24.3 Å². The van der Waals surface area contributed by atoms with Gasteiger partial charge in [-0.1, -0.05) is 18.2 Å². The Hall–Kier alpha value is -1.22. The van der Waals surface area contributed by atoms with Crippen LogP contribution in [0.25, 0.3) is 0 Å². The number of hydrogen-bond donors (Lipinski definition) is 1. The summed E-state index contributed by atoms with van der Waals surface area (Å²) in [4.78, 5) is 11.8. The molecule has 0 amide bonds. The molecular weight excluding hydrogens is 193 g/mol. The summed E-state index contributed by atoms with van der Waals surface area (Å²) in [5, 5.41) is 3.14. The molecule has 1 unspecified atom stereocenters. The number of ketones is 1. The highest BCUT2D eigenvalue weighted by molar-refractivity contribution is 5.83. The SMILES string of the molecule is O=C(Cc1ccccc1F)C1CCNC1. The van der Waals surface area contributed by atoms with Gasteiger partial charge in [0.1, 0.15) is 11.6 Å². The second-order valence-corrected chi connectivity index (χ2v) is 3.92. The molecule has 0 aliphatic carbocycles. The Kier molecular flexibility index (Phi) is 3.11. The Bertz CT molecular complexity index is 358. The van der Waals surface area contributed by atoms with Gasteiger partial charge in [0.2, 0.25) is 0 Å². The van der Waals surface area contributed by atoms with Crippen molar-refractivity contribution in [1.82, 2.24) is 5.32 Å². The van der Waals surface area contributed by atoms with E-state index in [-0.39, 0.29) is 23.9 Å². The van der Waals surface area contributed by atoms with Gasteiger partial charge in [-0.05, 0) is 24.6 Å². The molecule has 1 N–H and O–H groups in total. The predicted octanol–water partition coefficient (Wildman–Crippen LogP) is 1.55. The first-order chi connectivity index (χ1) is 7.27. The second kappa shape index (κ2) is 4.53. The molecule has 0 saturated carbocycles. The fourth-order valence-corrected chi connectivity index (χ4v) is 1.90. The lowest BCUT2D eigenvalue weighted by Gasteiger charge is -2.07. The molecule has 0 radical (unpaired) electrons. The molecule has 2 nitrogen and oxygen atoms in total. The zero-order valence-corrected chi connectivity index (χ0v) is 8.50. The number of halogens is 1. The van der Waals surface area contributed by atoms with Crippen LogP contribution in [-0.4, -0.2) is 18.9 Å². The molecule has 1 aromatic carbocycles. The van der Waals surface area contributed by atoms with Gasteiger partial charge in [0, 0.05) is 18.9 Å². The minimum absolute atomic E-state index is 0.0737. The van der Waals surface area contributed by atoms with Gasteiger partial charge in [-0.3, -0.25) is 4.79 Å². The third kappa shape index (κ3) is 2.42. The molecular formula is C12H14FNO. The summed E-state index contributed by atoms with van der Waals surface area (Å²) in [5.41, 5.74) is 0.509. The number of benzene rings is 1. The van der Waals surface area contributed by atoms with E-state index in [1.54, 1.807) is 18.2 Å². The van der Waals surface area contributed by atoms with Crippen LogP contribution in [0.2, 0.25) is 0 Å². The summed E-state index contributed by atoms with van der Waals surface area (Å²) in [6, 6.07) is 6.48. The van der Waals surface area contributed by atoms with Gasteiger partial charge < -0.3 is 5.32 Å². The Morgan fingerprint density at radius 3 is 2.93 bits per heavy atom. The average Bonchev–Trinajstić information content (AvgIpc) is 2.74. The van der Waals surface area contributed by atoms with E-state index < -0.39 is 0 Å². The maximum Gasteiger partial charge on any atom is 0.141 e. The molecule has 0 aromatic heterocycles. The van der Waals surface area contributed by atoms with E-state index in [4.69, 9.17) is 0 Å². The number of Topliss-reactive ketones (excluding diaryl/α,β-unsaturated/α-hetero) is 1. The van der Waals surface area contributed by atoms with Gasteiger partial charge >= 0.3 is 0 Å². The van der Waals surface area contributed by atoms with Gasteiger partial charge in [0.15, 0.2) is 0 Å². The van der Waals surface area contributed by atoms with Crippen molar-refractivity contribution < 1.29 is 9.18 Å². The minimum atomic E-state index is -0.281. The van der Waals surface area contributed by atoms with E-state index >= 15 is 0 Å². The third-order valence-corrected chi connectivity index (χ3v) is 2.84. The first kappa shape index (κ1) is 10.3. The monoisotopic (exact) mass is 207 g/mol. The normalized spacial score (nSPS) is 20.5. The highest BCUT2D eigenvalue weighted by atomic mass is 19.1. The fraction of sp³-hybridized carbons (Fsp3) is 0.417. The molecule has 1 heterocycles. The first-order valence-electron chi connectivity index (χ1n) is 5.24. The predicted molar refractivity (Wildman–Crippen MR) is 56.1 cm³/mol. The van der Waals surface area contributed by atoms with Crippen LogP contribution in [-0.2, 0) is 11.2 Å². The zero-order chi connectivity index (χ0) is 10.7. The molecule has 1 aliphatic rings. The lowest BCUT2D eigenvalue weighted by atomic mass is 9.97. The lowest BCUT2D eigenvalue weighted by Crippen LogP contribution is -2.19. The van der Waals surface area contributed by atoms with Crippen molar-refractivity contribution >= 4 is 5.78 Å². The van der Waals surface area contributed by atoms with Crippen LogP contribution in [0.4, 0.5) is 4.39 Å². The smallest absolute Gasteiger partial charge is 0.141 e. The van der Waals surface area contributed by atoms with E-state index in [1.165, 1.54) is 6.07 Å². The van der Waals surface area contributed by atoms with E-state index in [2.05, 4.69) is 5.32 Å². The van der Waals surface area contributed by atoms with Crippen molar-refractivity contribution in [3.8, 4) is 0 Å². The zero-order valence-electron chi connectivity index (χ0n) is 8.50. The van der Waals surface area contributed by atoms with Crippen molar-refractivity contribution in [3.05, 3.63) is 35.6 Å². The van der Waals surface area contributed by atoms with Crippen LogP contribution < -0.4 is 5.32 Å². The number of hydrogen-bond acceptors (Lipinski definition) is 2. The molecule has 1 aliphatic heterocycles. The van der Waals surface area contributed by atoms with Crippen LogP contribution in [0, 0.1) is 11.7 Å². The topological polar surface area (TPSA) is 29.1 Å². The second-order valence-electron chi connectivity index (χ2n) is 3.92. The van der Waals surface area contributed by atoms with E-state index in [0.717, 1.165) is 19.5 Å². The van der Waals surface area contributed by atoms with Crippen LogP contribution in [0.3, 0.4) is 0 Å². The molecule has 3 heteroatoms. The molecule has 2 rings (SSSR count). The first-order valence-corrected chi connectivity index (χ1v) is 5.24. The molecule has 15 heavy (non-hydrogen) atoms. The fourth-order valence-electron chi connectivity index (χ4n) is 1.90. The molecule has 1 aromatic rings. The molecule has 0 spiro atoms. The summed E-state index contributed by atoms with van der Waals surface area (Å²) < 4.78 is 13.3. The minimum Gasteiger partial charge on any atom is -0.316 e. The van der Waals surface area contributed by atoms with E-state index in [9.17, 15) is 9.18 Å². The third-order valence-electron chi connectivity index (χ3n) is 2.84. The van der Waals surface area contributed by atoms with Gasteiger partial charge in [-0.25, -0.2) is 4.39 Å². The number of carbonyl (C=O) groups excluding carboxylic acids is 1. The van der Waals surface area contributed by atoms with Crippen molar-refractivity contribution in [2.75, 3.05) is 13.1 Å².